The highest BCUT2D eigenvalue weighted by atomic mass is 19.2. The first-order valence-corrected chi connectivity index (χ1v) is 9.13. The molecule has 4 nitrogen and oxygen atoms in total. The predicted octanol–water partition coefficient (Wildman–Crippen LogP) is 4.16. The van der Waals surface area contributed by atoms with Crippen molar-refractivity contribution in [2.45, 2.75) is 51.9 Å². The van der Waals surface area contributed by atoms with Crippen molar-refractivity contribution in [1.29, 1.82) is 0 Å². The number of anilines is 1. The van der Waals surface area contributed by atoms with Gasteiger partial charge in [0.1, 0.15) is 0 Å². The van der Waals surface area contributed by atoms with Crippen molar-refractivity contribution in [2.75, 3.05) is 11.9 Å². The van der Waals surface area contributed by atoms with E-state index in [1.165, 1.54) is 19.3 Å². The van der Waals surface area contributed by atoms with Crippen molar-refractivity contribution in [3.05, 3.63) is 29.6 Å². The summed E-state index contributed by atoms with van der Waals surface area (Å²) in [6, 6.07) is 1.66. The average Bonchev–Trinajstić information content (AvgIpc) is 2.65. The van der Waals surface area contributed by atoms with Gasteiger partial charge in [-0.15, -0.1) is 0 Å². The average molecular weight is 370 g/mol. The van der Waals surface area contributed by atoms with E-state index in [1.54, 1.807) is 0 Å². The summed E-state index contributed by atoms with van der Waals surface area (Å²) in [6.07, 6.45) is 7.23. The normalized spacial score (nSPS) is 19.8. The molecule has 0 spiro atoms. The van der Waals surface area contributed by atoms with Crippen LogP contribution in [0.15, 0.2) is 12.1 Å². The van der Waals surface area contributed by atoms with Crippen molar-refractivity contribution >= 4 is 17.5 Å². The first-order valence-electron chi connectivity index (χ1n) is 9.13. The third-order valence-electron chi connectivity index (χ3n) is 4.92. The Balaban J connectivity index is 1.76. The second kappa shape index (κ2) is 9.59. The molecule has 144 valence electrons. The molecule has 0 aliphatic heterocycles. The van der Waals surface area contributed by atoms with E-state index in [-0.39, 0.29) is 18.4 Å². The lowest BCUT2D eigenvalue weighted by atomic mass is 9.79. The molecule has 2 rings (SSSR count). The van der Waals surface area contributed by atoms with Crippen molar-refractivity contribution in [1.82, 2.24) is 5.32 Å². The van der Waals surface area contributed by atoms with Crippen molar-refractivity contribution < 1.29 is 22.8 Å². The maximum Gasteiger partial charge on any atom is 0.243 e. The van der Waals surface area contributed by atoms with Gasteiger partial charge in [-0.05, 0) is 43.7 Å². The molecule has 0 bridgehead atoms. The first kappa shape index (κ1) is 20.3. The monoisotopic (exact) mass is 370 g/mol. The zero-order chi connectivity index (χ0) is 19.1. The van der Waals surface area contributed by atoms with E-state index in [0.29, 0.717) is 5.92 Å². The molecule has 0 unspecified atom stereocenters. The number of hydrogen-bond acceptors (Lipinski definition) is 2. The van der Waals surface area contributed by atoms with Gasteiger partial charge in [-0.25, -0.2) is 13.2 Å². The van der Waals surface area contributed by atoms with Crippen LogP contribution in [0, 0.1) is 29.3 Å². The number of hydrogen-bond donors (Lipinski definition) is 2. The van der Waals surface area contributed by atoms with Crippen molar-refractivity contribution in [3.63, 3.8) is 0 Å². The van der Waals surface area contributed by atoms with Crippen LogP contribution in [0.25, 0.3) is 0 Å². The Hall–Kier alpha value is -2.05. The Bertz CT molecular complexity index is 644. The topological polar surface area (TPSA) is 58.2 Å². The molecule has 7 heteroatoms. The summed E-state index contributed by atoms with van der Waals surface area (Å²) in [5.41, 5.74) is -0.459. The summed E-state index contributed by atoms with van der Waals surface area (Å²) < 4.78 is 39.5. The summed E-state index contributed by atoms with van der Waals surface area (Å²) in [6.45, 7) is 1.82. The van der Waals surface area contributed by atoms with Crippen LogP contribution in [0.5, 0.6) is 0 Å². The van der Waals surface area contributed by atoms with Gasteiger partial charge in [0, 0.05) is 5.92 Å². The minimum Gasteiger partial charge on any atom is -0.347 e. The number of benzene rings is 1. The molecule has 0 radical (unpaired) electrons. The number of rotatable bonds is 7. The number of carbonyl (C=O) groups is 2. The number of nitrogens with one attached hydrogen (secondary N) is 2. The standard InChI is InChI=1S/C19H25F3N2O2/c1-2-3-4-12-5-7-13(8-6-12)19(26)23-11-16(25)24-15-10-9-14(20)17(21)18(15)22/h9-10,12-13H,2-8,11H2,1H3,(H,23,26)(H,24,25). The maximum atomic E-state index is 13.5. The Kier molecular flexibility index (Phi) is 7.48. The lowest BCUT2D eigenvalue weighted by molar-refractivity contribution is -0.128. The van der Waals surface area contributed by atoms with E-state index in [2.05, 4.69) is 17.6 Å². The van der Waals surface area contributed by atoms with Crippen LogP contribution in [0.3, 0.4) is 0 Å². The summed E-state index contributed by atoms with van der Waals surface area (Å²) in [7, 11) is 0. The van der Waals surface area contributed by atoms with Gasteiger partial charge in [0.2, 0.25) is 11.8 Å². The minimum absolute atomic E-state index is 0.110. The molecular weight excluding hydrogens is 345 g/mol. The smallest absolute Gasteiger partial charge is 0.243 e. The summed E-state index contributed by atoms with van der Waals surface area (Å²) in [4.78, 5) is 24.0. The molecule has 2 amide bonds. The quantitative estimate of drug-likeness (QED) is 0.708. The van der Waals surface area contributed by atoms with Gasteiger partial charge in [-0.1, -0.05) is 26.2 Å². The molecule has 1 aromatic carbocycles. The van der Waals surface area contributed by atoms with Crippen LogP contribution in [0.4, 0.5) is 18.9 Å². The zero-order valence-electron chi connectivity index (χ0n) is 14.9. The molecule has 0 aromatic heterocycles. The fourth-order valence-electron chi connectivity index (χ4n) is 3.33. The van der Waals surface area contributed by atoms with Crippen LogP contribution in [-0.4, -0.2) is 18.4 Å². The highest BCUT2D eigenvalue weighted by molar-refractivity contribution is 5.94. The Morgan fingerprint density at radius 1 is 1.08 bits per heavy atom. The molecule has 1 fully saturated rings. The zero-order valence-corrected chi connectivity index (χ0v) is 14.9. The first-order chi connectivity index (χ1) is 12.4. The fraction of sp³-hybridized carbons (Fsp3) is 0.579. The molecule has 0 atom stereocenters. The van der Waals surface area contributed by atoms with Crippen LogP contribution in [0.1, 0.15) is 51.9 Å². The van der Waals surface area contributed by atoms with E-state index in [4.69, 9.17) is 0 Å². The van der Waals surface area contributed by atoms with Crippen LogP contribution in [-0.2, 0) is 9.59 Å². The van der Waals surface area contributed by atoms with Gasteiger partial charge in [-0.2, -0.15) is 0 Å². The number of halogens is 3. The Morgan fingerprint density at radius 3 is 2.42 bits per heavy atom. The molecule has 1 aliphatic carbocycles. The molecule has 1 aromatic rings. The third kappa shape index (κ3) is 5.47. The van der Waals surface area contributed by atoms with E-state index >= 15 is 0 Å². The predicted molar refractivity (Wildman–Crippen MR) is 92.9 cm³/mol. The van der Waals surface area contributed by atoms with Gasteiger partial charge < -0.3 is 10.6 Å². The lowest BCUT2D eigenvalue weighted by Gasteiger charge is -2.27. The SMILES string of the molecule is CCCCC1CCC(C(=O)NCC(=O)Nc2ccc(F)c(F)c2F)CC1. The molecule has 0 saturated heterocycles. The fourth-order valence-corrected chi connectivity index (χ4v) is 3.33. The summed E-state index contributed by atoms with van der Waals surface area (Å²) in [5.74, 6) is -4.76. The minimum atomic E-state index is -1.65. The van der Waals surface area contributed by atoms with Gasteiger partial charge >= 0.3 is 0 Å². The van der Waals surface area contributed by atoms with Gasteiger partial charge in [0.25, 0.3) is 0 Å². The Morgan fingerprint density at radius 2 is 1.77 bits per heavy atom. The summed E-state index contributed by atoms with van der Waals surface area (Å²) in [5, 5.41) is 4.67. The molecule has 1 saturated carbocycles. The largest absolute Gasteiger partial charge is 0.347 e. The van der Waals surface area contributed by atoms with Crippen molar-refractivity contribution in [2.24, 2.45) is 11.8 Å². The third-order valence-corrected chi connectivity index (χ3v) is 4.92. The van der Waals surface area contributed by atoms with Crippen LogP contribution >= 0.6 is 0 Å². The highest BCUT2D eigenvalue weighted by Crippen LogP contribution is 2.31. The van der Waals surface area contributed by atoms with Crippen LogP contribution < -0.4 is 10.6 Å². The van der Waals surface area contributed by atoms with Gasteiger partial charge in [0.15, 0.2) is 17.5 Å². The molecule has 0 heterocycles. The number of unbranched alkanes of at least 4 members (excludes halogenated alkanes) is 1. The molecule has 1 aliphatic rings. The van der Waals surface area contributed by atoms with E-state index < -0.39 is 29.0 Å². The second-order valence-electron chi connectivity index (χ2n) is 6.85. The van der Waals surface area contributed by atoms with E-state index in [0.717, 1.165) is 37.8 Å². The van der Waals surface area contributed by atoms with E-state index in [9.17, 15) is 22.8 Å². The van der Waals surface area contributed by atoms with Gasteiger partial charge in [-0.3, -0.25) is 9.59 Å². The van der Waals surface area contributed by atoms with E-state index in [1.807, 2.05) is 0 Å². The molecule has 2 N–H and O–H groups in total. The molecule has 26 heavy (non-hydrogen) atoms. The molecular formula is C19H25F3N2O2. The number of amides is 2. The second-order valence-corrected chi connectivity index (χ2v) is 6.85. The van der Waals surface area contributed by atoms with Crippen LogP contribution in [0.2, 0.25) is 0 Å². The summed E-state index contributed by atoms with van der Waals surface area (Å²) >= 11 is 0. The highest BCUT2D eigenvalue weighted by Gasteiger charge is 2.26. The lowest BCUT2D eigenvalue weighted by Crippen LogP contribution is -2.38. The van der Waals surface area contributed by atoms with Gasteiger partial charge in [0.05, 0.1) is 12.2 Å². The Labute approximate surface area is 151 Å². The number of carbonyl (C=O) groups excluding carboxylic acids is 2. The van der Waals surface area contributed by atoms with Crippen molar-refractivity contribution in [3.8, 4) is 0 Å². The maximum absolute atomic E-state index is 13.5.